The molecule has 17 N–H and O–H groups in total. The summed E-state index contributed by atoms with van der Waals surface area (Å²) in [5.74, 6) is 0. The van der Waals surface area contributed by atoms with Crippen molar-refractivity contribution < 1.29 is 166 Å². The summed E-state index contributed by atoms with van der Waals surface area (Å²) in [5.41, 5.74) is 0. The Morgan fingerprint density at radius 3 is 1.09 bits per heavy atom. The quantitative estimate of drug-likeness (QED) is 0.0507. The molecule has 0 aromatic rings. The maximum atomic E-state index is 12.0. The molecule has 2 heterocycles. The van der Waals surface area contributed by atoms with E-state index in [1.807, 2.05) is 0 Å². The van der Waals surface area contributed by atoms with Gasteiger partial charge >= 0.3 is 303 Å². The Bertz CT molecular complexity index is 1620. The van der Waals surface area contributed by atoms with Crippen molar-refractivity contribution in [2.75, 3.05) is 13.2 Å². The van der Waals surface area contributed by atoms with Gasteiger partial charge in [-0.3, -0.25) is 0 Å². The second kappa shape index (κ2) is 18.9. The van der Waals surface area contributed by atoms with E-state index in [0.717, 1.165) is 0 Å². The SMILES string of the molecule is O=P(O)(O)OCC1O[C@@H](O[C@@H]2C(COP(=O)(O)O)OC(OP(=O)(O)O)C(OP(=O)(O)O)[C@H]2O[PH](O)(O)O)[C@@H](OP(=O)(O)O)C(OP(=O)(O)O)[C@H]1OP(=O)(O)O. The summed E-state index contributed by atoms with van der Waals surface area (Å²) in [6.45, 7) is -3.46. The van der Waals surface area contributed by atoms with Gasteiger partial charge in [-0.25, -0.2) is 0 Å². The first kappa shape index (κ1) is 52.1. The fourth-order valence-corrected chi connectivity index (χ4v) is 8.40. The minimum absolute atomic E-state index is 1.73. The van der Waals surface area contributed by atoms with Gasteiger partial charge in [-0.05, 0) is 0 Å². The van der Waals surface area contributed by atoms with Gasteiger partial charge in [0.15, 0.2) is 0 Å². The van der Waals surface area contributed by atoms with Crippen LogP contribution in [-0.4, -0.2) is 158 Å². The molecule has 0 amide bonds. The molecule has 0 bridgehead atoms. The van der Waals surface area contributed by atoms with Crippen molar-refractivity contribution in [1.82, 2.24) is 0 Å². The molecule has 0 aliphatic carbocycles. The van der Waals surface area contributed by atoms with Crippen molar-refractivity contribution in [3.05, 3.63) is 0 Å². The first-order valence-corrected chi connectivity index (χ1v) is 25.6. The van der Waals surface area contributed by atoms with Crippen LogP contribution in [0.5, 0.6) is 0 Å². The number of rotatable bonds is 20. The van der Waals surface area contributed by atoms with Gasteiger partial charge in [-0.2, -0.15) is 0 Å². The molecule has 35 nitrogen and oxygen atoms in total. The van der Waals surface area contributed by atoms with E-state index in [0.29, 0.717) is 0 Å². The van der Waals surface area contributed by atoms with Gasteiger partial charge in [0.05, 0.1) is 0 Å². The van der Waals surface area contributed by atoms with Crippen LogP contribution < -0.4 is 0 Å². The number of hydrogen-bond acceptors (Lipinski definition) is 21. The molecule has 0 aromatic carbocycles. The Morgan fingerprint density at radius 2 is 0.727 bits per heavy atom. The molecule has 2 aliphatic rings. The molecule has 0 spiro atoms. The zero-order valence-electron chi connectivity index (χ0n) is 25.8. The van der Waals surface area contributed by atoms with E-state index in [1.54, 1.807) is 0 Å². The molecule has 2 aliphatic heterocycles. The normalized spacial score (nSPS) is 31.4. The Kier molecular flexibility index (Phi) is 17.9. The molecule has 330 valence electrons. The van der Waals surface area contributed by atoms with E-state index >= 15 is 0 Å². The number of phosphoric acid groups is 7. The van der Waals surface area contributed by atoms with Crippen LogP contribution in [0.1, 0.15) is 0 Å². The standard InChI is InChI=1S/C12H32O35P8/c13-48(14,15)37-1-3-5(7(43-51(22,23)24)10(46-54(31,32)33)12(40-3)47-55(34,35)36)41-11-9(45-53(28,29)30)8(44-52(25,26)27)6(42-50(19,20)21)4(39-11)2-38-49(16,17)18/h3-12,22-24,51H,1-2H2,(H2,13,14,15)(H2,16,17,18)(H2,19,20,21)(H2,25,26,27)(H2,28,29,30)(H2,31,32,33)(H2,34,35,36)/t3?,4?,5-,6+,7+,8?,9+,10?,11+,12?/m1/s1. The van der Waals surface area contributed by atoms with Gasteiger partial charge in [-0.1, -0.05) is 0 Å². The summed E-state index contributed by atoms with van der Waals surface area (Å²) in [6, 6.07) is 0. The van der Waals surface area contributed by atoms with Gasteiger partial charge in [-0.15, -0.1) is 0 Å². The van der Waals surface area contributed by atoms with Gasteiger partial charge in [0.1, 0.15) is 0 Å². The molecule has 2 fully saturated rings. The molecule has 10 atom stereocenters. The molecule has 2 rings (SSSR count). The van der Waals surface area contributed by atoms with Gasteiger partial charge in [0.2, 0.25) is 0 Å². The van der Waals surface area contributed by atoms with Gasteiger partial charge in [0.25, 0.3) is 0 Å². The maximum absolute atomic E-state index is 12.0. The topological polar surface area (TPSA) is 565 Å². The van der Waals surface area contributed by atoms with Crippen molar-refractivity contribution in [1.29, 1.82) is 0 Å². The van der Waals surface area contributed by atoms with E-state index in [1.165, 1.54) is 0 Å². The first-order valence-electron chi connectivity index (χ1n) is 13.1. The average Bonchev–Trinajstić information content (AvgIpc) is 2.88. The zero-order valence-corrected chi connectivity index (χ0v) is 33.0. The van der Waals surface area contributed by atoms with Crippen LogP contribution in [0.2, 0.25) is 0 Å². The monoisotopic (exact) mass is 984 g/mol. The third kappa shape index (κ3) is 20.4. The van der Waals surface area contributed by atoms with Crippen LogP contribution in [0.15, 0.2) is 0 Å². The molecule has 2 saturated heterocycles. The summed E-state index contributed by atoms with van der Waals surface area (Å²) in [4.78, 5) is 161. The zero-order chi connectivity index (χ0) is 43.0. The summed E-state index contributed by atoms with van der Waals surface area (Å²) in [6.07, 6.45) is -29.7. The Labute approximate surface area is 303 Å². The summed E-state index contributed by atoms with van der Waals surface area (Å²) >= 11 is 0. The molecule has 43 heteroatoms. The Morgan fingerprint density at radius 1 is 0.400 bits per heavy atom. The van der Waals surface area contributed by atoms with Crippen LogP contribution in [0.25, 0.3) is 0 Å². The minimum atomic E-state index is -6.28. The number of ether oxygens (including phenoxy) is 3. The fourth-order valence-electron chi connectivity index (χ4n) is 4.44. The molecular weight excluding hydrogens is 952 g/mol. The van der Waals surface area contributed by atoms with Crippen molar-refractivity contribution in [2.24, 2.45) is 0 Å². The predicted molar refractivity (Wildman–Crippen MR) is 159 cm³/mol. The van der Waals surface area contributed by atoms with Crippen molar-refractivity contribution in [3.8, 4) is 0 Å². The third-order valence-corrected chi connectivity index (χ3v) is 9.97. The second-order valence-electron chi connectivity index (χ2n) is 10.3. The predicted octanol–water partition coefficient (Wildman–Crippen LogP) is -5.17. The number of hydrogen-bond donors (Lipinski definition) is 17. The number of phosphoric ester groups is 7. The van der Waals surface area contributed by atoms with Crippen LogP contribution >= 0.6 is 62.9 Å². The van der Waals surface area contributed by atoms with E-state index in [-0.39, 0.29) is 0 Å². The van der Waals surface area contributed by atoms with Crippen LogP contribution in [0, 0.1) is 0 Å². The average molecular weight is 984 g/mol. The summed E-state index contributed by atoms with van der Waals surface area (Å²) in [7, 11) is -48.1. The molecule has 0 saturated carbocycles. The fraction of sp³-hybridized carbons (Fsp3) is 1.00. The van der Waals surface area contributed by atoms with E-state index in [2.05, 4.69) is 36.2 Å². The van der Waals surface area contributed by atoms with E-state index < -0.39 is 138 Å². The summed E-state index contributed by atoms with van der Waals surface area (Å²) in [5, 5.41) is 0. The second-order valence-corrected chi connectivity index (χ2v) is 20.1. The van der Waals surface area contributed by atoms with Crippen molar-refractivity contribution in [3.63, 3.8) is 0 Å². The molecule has 0 radical (unpaired) electrons. The van der Waals surface area contributed by atoms with E-state index in [9.17, 15) is 115 Å². The van der Waals surface area contributed by atoms with Crippen LogP contribution in [0.4, 0.5) is 0 Å². The van der Waals surface area contributed by atoms with Crippen molar-refractivity contribution >= 4 is 62.9 Å². The molecule has 5 unspecified atom stereocenters. The van der Waals surface area contributed by atoms with Gasteiger partial charge < -0.3 is 0 Å². The van der Waals surface area contributed by atoms with Crippen molar-refractivity contribution in [2.45, 2.75) is 61.4 Å². The third-order valence-electron chi connectivity index (χ3n) is 5.86. The Hall–Kier alpha value is 0.920. The first-order chi connectivity index (χ1) is 24.2. The van der Waals surface area contributed by atoms with E-state index in [4.69, 9.17) is 14.2 Å². The summed E-state index contributed by atoms with van der Waals surface area (Å²) < 4.78 is 132. The molecule has 55 heavy (non-hydrogen) atoms. The molecular formula is C12H32O35P8. The van der Waals surface area contributed by atoms with Crippen LogP contribution in [0.3, 0.4) is 0 Å². The molecule has 0 aromatic heterocycles. The van der Waals surface area contributed by atoms with Crippen LogP contribution in [-0.2, 0) is 82.4 Å². The van der Waals surface area contributed by atoms with Gasteiger partial charge in [0, 0.05) is 0 Å². The Balaban J connectivity index is 2.96.